The summed E-state index contributed by atoms with van der Waals surface area (Å²) in [7, 11) is 0. The van der Waals surface area contributed by atoms with E-state index in [4.69, 9.17) is 9.84 Å². The number of carboxylic acid groups (broad SMARTS) is 1. The van der Waals surface area contributed by atoms with E-state index in [2.05, 4.69) is 6.26 Å². The molecular formula is C12H16O3S. The number of rotatable bonds is 6. The maximum atomic E-state index is 10.9. The monoisotopic (exact) mass is 240 g/mol. The molecule has 0 fully saturated rings. The van der Waals surface area contributed by atoms with Crippen molar-refractivity contribution >= 4 is 17.7 Å². The van der Waals surface area contributed by atoms with Crippen molar-refractivity contribution in [3.05, 3.63) is 29.3 Å². The zero-order chi connectivity index (χ0) is 12.0. The van der Waals surface area contributed by atoms with E-state index in [0.29, 0.717) is 23.5 Å². The predicted octanol–water partition coefficient (Wildman–Crippen LogP) is 2.83. The van der Waals surface area contributed by atoms with Crippen molar-refractivity contribution in [1.29, 1.82) is 0 Å². The van der Waals surface area contributed by atoms with Gasteiger partial charge >= 0.3 is 5.97 Å². The Morgan fingerprint density at radius 3 is 2.88 bits per heavy atom. The van der Waals surface area contributed by atoms with Crippen LogP contribution in [0.2, 0.25) is 0 Å². The molecule has 0 bridgehead atoms. The molecule has 0 saturated heterocycles. The van der Waals surface area contributed by atoms with Gasteiger partial charge in [-0.15, -0.1) is 0 Å². The highest BCUT2D eigenvalue weighted by molar-refractivity contribution is 7.98. The molecule has 0 spiro atoms. The Morgan fingerprint density at radius 2 is 2.25 bits per heavy atom. The molecule has 0 aliphatic rings. The van der Waals surface area contributed by atoms with Gasteiger partial charge in [0.25, 0.3) is 0 Å². The standard InChI is InChI=1S/C12H16O3S/c1-9-10(12(13)14)5-3-6-11(9)15-7-4-8-16-2/h3,5-6H,4,7-8H2,1-2H3,(H,13,14). The van der Waals surface area contributed by atoms with Gasteiger partial charge in [0.1, 0.15) is 5.75 Å². The first kappa shape index (κ1) is 12.9. The lowest BCUT2D eigenvalue weighted by molar-refractivity contribution is 0.0695. The molecule has 0 aromatic heterocycles. The summed E-state index contributed by atoms with van der Waals surface area (Å²) in [6.07, 6.45) is 3.02. The lowest BCUT2D eigenvalue weighted by atomic mass is 10.1. The van der Waals surface area contributed by atoms with E-state index in [1.807, 2.05) is 0 Å². The molecule has 0 atom stereocenters. The number of hydrogen-bond donors (Lipinski definition) is 1. The van der Waals surface area contributed by atoms with Crippen LogP contribution in [0.3, 0.4) is 0 Å². The van der Waals surface area contributed by atoms with E-state index >= 15 is 0 Å². The minimum Gasteiger partial charge on any atom is -0.493 e. The third kappa shape index (κ3) is 3.45. The van der Waals surface area contributed by atoms with Crippen molar-refractivity contribution in [1.82, 2.24) is 0 Å². The normalized spacial score (nSPS) is 10.1. The topological polar surface area (TPSA) is 46.5 Å². The minimum absolute atomic E-state index is 0.308. The van der Waals surface area contributed by atoms with Crippen LogP contribution in [0.5, 0.6) is 5.75 Å². The van der Waals surface area contributed by atoms with Gasteiger partial charge in [0.05, 0.1) is 12.2 Å². The second-order valence-electron chi connectivity index (χ2n) is 3.43. The van der Waals surface area contributed by atoms with Crippen LogP contribution in [0.25, 0.3) is 0 Å². The van der Waals surface area contributed by atoms with Crippen molar-refractivity contribution in [2.24, 2.45) is 0 Å². The van der Waals surface area contributed by atoms with Gasteiger partial charge in [0, 0.05) is 5.56 Å². The Hall–Kier alpha value is -1.16. The van der Waals surface area contributed by atoms with Crippen molar-refractivity contribution in [3.63, 3.8) is 0 Å². The summed E-state index contributed by atoms with van der Waals surface area (Å²) in [6.45, 7) is 2.40. The van der Waals surface area contributed by atoms with E-state index in [9.17, 15) is 4.79 Å². The van der Waals surface area contributed by atoms with Gasteiger partial charge in [-0.2, -0.15) is 11.8 Å². The van der Waals surface area contributed by atoms with Crippen molar-refractivity contribution in [2.45, 2.75) is 13.3 Å². The second-order valence-corrected chi connectivity index (χ2v) is 4.41. The first-order chi connectivity index (χ1) is 7.66. The van der Waals surface area contributed by atoms with Gasteiger partial charge in [-0.05, 0) is 37.5 Å². The zero-order valence-electron chi connectivity index (χ0n) is 9.53. The first-order valence-electron chi connectivity index (χ1n) is 5.11. The molecule has 16 heavy (non-hydrogen) atoms. The molecule has 0 heterocycles. The second kappa shape index (κ2) is 6.43. The smallest absolute Gasteiger partial charge is 0.336 e. The highest BCUT2D eigenvalue weighted by atomic mass is 32.2. The molecule has 0 amide bonds. The van der Waals surface area contributed by atoms with Gasteiger partial charge in [-0.3, -0.25) is 0 Å². The van der Waals surface area contributed by atoms with Crippen LogP contribution in [0.4, 0.5) is 0 Å². The maximum Gasteiger partial charge on any atom is 0.336 e. The third-order valence-corrected chi connectivity index (χ3v) is 2.96. The summed E-state index contributed by atoms with van der Waals surface area (Å²) < 4.78 is 5.55. The Bertz CT molecular complexity index is 363. The Labute approximate surface area is 99.8 Å². The lowest BCUT2D eigenvalue weighted by Gasteiger charge is -2.10. The number of hydrogen-bond acceptors (Lipinski definition) is 3. The molecule has 88 valence electrons. The van der Waals surface area contributed by atoms with Gasteiger partial charge in [0.15, 0.2) is 0 Å². The molecule has 0 aliphatic heterocycles. The number of benzene rings is 1. The van der Waals surface area contributed by atoms with Crippen molar-refractivity contribution in [3.8, 4) is 5.75 Å². The van der Waals surface area contributed by atoms with Crippen LogP contribution in [0.1, 0.15) is 22.3 Å². The first-order valence-corrected chi connectivity index (χ1v) is 6.51. The molecular weight excluding hydrogens is 224 g/mol. The fourth-order valence-electron chi connectivity index (χ4n) is 1.39. The van der Waals surface area contributed by atoms with E-state index in [1.54, 1.807) is 36.9 Å². The molecule has 1 aromatic carbocycles. The third-order valence-electron chi connectivity index (χ3n) is 2.26. The van der Waals surface area contributed by atoms with Crippen molar-refractivity contribution < 1.29 is 14.6 Å². The lowest BCUT2D eigenvalue weighted by Crippen LogP contribution is -2.04. The van der Waals surface area contributed by atoms with Crippen LogP contribution in [0.15, 0.2) is 18.2 Å². The van der Waals surface area contributed by atoms with Gasteiger partial charge in [-0.1, -0.05) is 6.07 Å². The molecule has 0 radical (unpaired) electrons. The number of thioether (sulfide) groups is 1. The van der Waals surface area contributed by atoms with Gasteiger partial charge in [-0.25, -0.2) is 4.79 Å². The number of aromatic carboxylic acids is 1. The van der Waals surface area contributed by atoms with Crippen LogP contribution < -0.4 is 4.74 Å². The van der Waals surface area contributed by atoms with Gasteiger partial charge < -0.3 is 9.84 Å². The average Bonchev–Trinajstić information content (AvgIpc) is 2.26. The molecule has 0 unspecified atom stereocenters. The number of carboxylic acids is 1. The largest absolute Gasteiger partial charge is 0.493 e. The molecule has 1 aromatic rings. The van der Waals surface area contributed by atoms with Crippen LogP contribution in [0, 0.1) is 6.92 Å². The van der Waals surface area contributed by atoms with Crippen LogP contribution in [-0.4, -0.2) is 29.7 Å². The summed E-state index contributed by atoms with van der Waals surface area (Å²) in [5.41, 5.74) is 1.00. The highest BCUT2D eigenvalue weighted by Gasteiger charge is 2.10. The molecule has 3 nitrogen and oxygen atoms in total. The maximum absolute atomic E-state index is 10.9. The summed E-state index contributed by atoms with van der Waals surface area (Å²) in [5, 5.41) is 8.94. The molecule has 0 saturated carbocycles. The quantitative estimate of drug-likeness (QED) is 0.777. The predicted molar refractivity (Wildman–Crippen MR) is 66.6 cm³/mol. The molecule has 4 heteroatoms. The minimum atomic E-state index is -0.910. The van der Waals surface area contributed by atoms with E-state index in [1.165, 1.54) is 0 Å². The van der Waals surface area contributed by atoms with E-state index in [0.717, 1.165) is 12.2 Å². The van der Waals surface area contributed by atoms with Gasteiger partial charge in [0.2, 0.25) is 0 Å². The average molecular weight is 240 g/mol. The Kier molecular flexibility index (Phi) is 5.19. The zero-order valence-corrected chi connectivity index (χ0v) is 10.3. The Morgan fingerprint density at radius 1 is 1.50 bits per heavy atom. The Balaban J connectivity index is 2.66. The summed E-state index contributed by atoms with van der Waals surface area (Å²) in [6, 6.07) is 5.10. The van der Waals surface area contributed by atoms with E-state index in [-0.39, 0.29) is 0 Å². The molecule has 1 rings (SSSR count). The fraction of sp³-hybridized carbons (Fsp3) is 0.417. The number of carbonyl (C=O) groups is 1. The summed E-state index contributed by atoms with van der Waals surface area (Å²) >= 11 is 1.77. The highest BCUT2D eigenvalue weighted by Crippen LogP contribution is 2.21. The van der Waals surface area contributed by atoms with E-state index < -0.39 is 5.97 Å². The van der Waals surface area contributed by atoms with Crippen LogP contribution in [-0.2, 0) is 0 Å². The van der Waals surface area contributed by atoms with Crippen LogP contribution >= 0.6 is 11.8 Å². The number of ether oxygens (including phenoxy) is 1. The summed E-state index contributed by atoms with van der Waals surface area (Å²) in [5.74, 6) is 0.811. The van der Waals surface area contributed by atoms with Crippen molar-refractivity contribution in [2.75, 3.05) is 18.6 Å². The fourth-order valence-corrected chi connectivity index (χ4v) is 1.79. The molecule has 0 aliphatic carbocycles. The summed E-state index contributed by atoms with van der Waals surface area (Å²) in [4.78, 5) is 10.9. The SMILES string of the molecule is CSCCCOc1cccc(C(=O)O)c1C. The molecule has 1 N–H and O–H groups in total.